The minimum Gasteiger partial charge on any atom is -0.285 e. The van der Waals surface area contributed by atoms with E-state index >= 15 is 0 Å². The van der Waals surface area contributed by atoms with Gasteiger partial charge in [-0.15, -0.1) is 0 Å². The lowest BCUT2D eigenvalue weighted by molar-refractivity contribution is -0.152. The average Bonchev–Trinajstić information content (AvgIpc) is 2.73. The highest BCUT2D eigenvalue weighted by molar-refractivity contribution is 6.04. The summed E-state index contributed by atoms with van der Waals surface area (Å²) in [5.41, 5.74) is 10.6. The summed E-state index contributed by atoms with van der Waals surface area (Å²) in [7, 11) is 1.90. The lowest BCUT2D eigenvalue weighted by atomic mass is 9.83. The highest BCUT2D eigenvalue weighted by atomic mass is 16.7. The molecule has 2 unspecified atom stereocenters. The maximum absolute atomic E-state index is 5.98. The minimum atomic E-state index is -0.665. The maximum Gasteiger partial charge on any atom is 0.226 e. The Kier molecular flexibility index (Phi) is 6.13. The number of nitrogens with zero attached hydrogens (tertiary/aromatic N) is 2. The van der Waals surface area contributed by atoms with Crippen LogP contribution in [0.3, 0.4) is 0 Å². The van der Waals surface area contributed by atoms with E-state index in [0.717, 1.165) is 29.8 Å². The van der Waals surface area contributed by atoms with E-state index in [1.807, 2.05) is 39.1 Å². The molecule has 0 bridgehead atoms. The predicted molar refractivity (Wildman–Crippen MR) is 95.7 cm³/mol. The van der Waals surface area contributed by atoms with Crippen molar-refractivity contribution in [2.75, 3.05) is 7.05 Å². The van der Waals surface area contributed by atoms with E-state index < -0.39 is 6.35 Å². The monoisotopic (exact) mass is 313 g/mol. The summed E-state index contributed by atoms with van der Waals surface area (Å²) in [6.45, 7) is 6.19. The molecule has 1 aliphatic heterocycles. The summed E-state index contributed by atoms with van der Waals surface area (Å²) in [6, 6.07) is 10.2. The summed E-state index contributed by atoms with van der Waals surface area (Å²) < 4.78 is 0. The van der Waals surface area contributed by atoms with Gasteiger partial charge in [0.05, 0.1) is 11.4 Å². The molecule has 2 aliphatic rings. The van der Waals surface area contributed by atoms with Gasteiger partial charge in [0.25, 0.3) is 0 Å². The highest BCUT2D eigenvalue weighted by Crippen LogP contribution is 2.34. The first-order valence-electron chi connectivity index (χ1n) is 8.38. The molecule has 0 fully saturated rings. The molecular formula is C19H27N3O. The van der Waals surface area contributed by atoms with Crippen LogP contribution in [0.2, 0.25) is 0 Å². The molecule has 0 spiro atoms. The van der Waals surface area contributed by atoms with Crippen LogP contribution in [0.15, 0.2) is 58.7 Å². The Morgan fingerprint density at radius 1 is 1.22 bits per heavy atom. The lowest BCUT2D eigenvalue weighted by Crippen LogP contribution is -2.31. The number of benzene rings is 1. The molecular weight excluding hydrogens is 286 g/mol. The fourth-order valence-corrected chi connectivity index (χ4v) is 2.94. The molecule has 3 rings (SSSR count). The fraction of sp³-hybridized carbons (Fsp3) is 0.421. The zero-order chi connectivity index (χ0) is 16.8. The Morgan fingerprint density at radius 2 is 1.91 bits per heavy atom. The number of hydrogen-bond acceptors (Lipinski definition) is 4. The minimum absolute atomic E-state index is 0.200. The Balaban J connectivity index is 0.000000924. The first-order valence-corrected chi connectivity index (χ1v) is 8.38. The van der Waals surface area contributed by atoms with Crippen molar-refractivity contribution in [3.63, 3.8) is 0 Å². The van der Waals surface area contributed by atoms with Gasteiger partial charge in [-0.2, -0.15) is 0 Å². The quantitative estimate of drug-likeness (QED) is 0.902. The first-order chi connectivity index (χ1) is 11.2. The molecule has 2 N–H and O–H groups in total. The van der Waals surface area contributed by atoms with Crippen molar-refractivity contribution in [1.82, 2.24) is 5.06 Å². The molecule has 23 heavy (non-hydrogen) atoms. The molecule has 2 atom stereocenters. The van der Waals surface area contributed by atoms with Crippen molar-refractivity contribution < 1.29 is 4.84 Å². The Morgan fingerprint density at radius 3 is 2.57 bits per heavy atom. The van der Waals surface area contributed by atoms with Gasteiger partial charge in [0.1, 0.15) is 0 Å². The van der Waals surface area contributed by atoms with Crippen LogP contribution in [0.1, 0.15) is 39.2 Å². The maximum atomic E-state index is 5.98. The van der Waals surface area contributed by atoms with E-state index in [-0.39, 0.29) is 5.92 Å². The molecule has 0 radical (unpaired) electrons. The van der Waals surface area contributed by atoms with Crippen molar-refractivity contribution in [3.05, 3.63) is 59.3 Å². The number of rotatable bonds is 2. The molecule has 1 aromatic carbocycles. The van der Waals surface area contributed by atoms with E-state index in [1.165, 1.54) is 5.57 Å². The van der Waals surface area contributed by atoms with Crippen molar-refractivity contribution in [1.29, 1.82) is 0 Å². The summed E-state index contributed by atoms with van der Waals surface area (Å²) in [6.07, 6.45) is 5.67. The second-order valence-corrected chi connectivity index (χ2v) is 5.40. The predicted octanol–water partition coefficient (Wildman–Crippen LogP) is 3.86. The van der Waals surface area contributed by atoms with Gasteiger partial charge in [0, 0.05) is 13.0 Å². The summed E-state index contributed by atoms with van der Waals surface area (Å²) in [5.74, 6) is 0.200. The van der Waals surface area contributed by atoms with Crippen LogP contribution < -0.4 is 5.73 Å². The second kappa shape index (κ2) is 8.09. The molecule has 0 saturated heterocycles. The van der Waals surface area contributed by atoms with Crippen LogP contribution in [0.25, 0.3) is 0 Å². The number of nitrogens with two attached hydrogens (primary N) is 1. The average molecular weight is 313 g/mol. The van der Waals surface area contributed by atoms with Crippen LogP contribution >= 0.6 is 0 Å². The summed E-state index contributed by atoms with van der Waals surface area (Å²) >= 11 is 0. The largest absolute Gasteiger partial charge is 0.285 e. The molecule has 4 nitrogen and oxygen atoms in total. The van der Waals surface area contributed by atoms with E-state index in [1.54, 1.807) is 5.06 Å². The SMILES string of the molecule is CC.CCC1=CC=C2C(C1)C(c1ccccc1)=NC(N)ON2C. The third-order valence-corrected chi connectivity index (χ3v) is 4.06. The molecule has 1 aliphatic carbocycles. The topological polar surface area (TPSA) is 50.9 Å². The van der Waals surface area contributed by atoms with Gasteiger partial charge in [-0.25, -0.2) is 9.83 Å². The number of hydroxylamine groups is 2. The van der Waals surface area contributed by atoms with E-state index in [2.05, 4.69) is 36.2 Å². The summed E-state index contributed by atoms with van der Waals surface area (Å²) in [4.78, 5) is 10.2. The first kappa shape index (κ1) is 17.4. The Bertz CT molecular complexity index is 604. The fourth-order valence-electron chi connectivity index (χ4n) is 2.94. The third-order valence-electron chi connectivity index (χ3n) is 4.06. The Hall–Kier alpha value is -1.91. The van der Waals surface area contributed by atoms with Crippen molar-refractivity contribution in [3.8, 4) is 0 Å². The number of aliphatic imine (C=N–C) groups is 1. The molecule has 0 aromatic heterocycles. The Labute approximate surface area is 139 Å². The van der Waals surface area contributed by atoms with Crippen LogP contribution in [0.4, 0.5) is 0 Å². The number of fused-ring (bicyclic) bond motifs is 1. The molecule has 124 valence electrons. The normalized spacial score (nSPS) is 23.5. The smallest absolute Gasteiger partial charge is 0.226 e. The van der Waals surface area contributed by atoms with E-state index in [9.17, 15) is 0 Å². The van der Waals surface area contributed by atoms with Crippen LogP contribution in [-0.2, 0) is 4.84 Å². The van der Waals surface area contributed by atoms with Gasteiger partial charge < -0.3 is 0 Å². The van der Waals surface area contributed by atoms with E-state index in [4.69, 9.17) is 10.6 Å². The molecule has 0 saturated carbocycles. The van der Waals surface area contributed by atoms with Crippen molar-refractivity contribution >= 4 is 5.71 Å². The van der Waals surface area contributed by atoms with Gasteiger partial charge in [-0.1, -0.05) is 62.8 Å². The molecule has 4 heteroatoms. The number of hydrogen-bond donors (Lipinski definition) is 1. The van der Waals surface area contributed by atoms with Gasteiger partial charge in [-0.05, 0) is 24.5 Å². The zero-order valence-electron chi connectivity index (χ0n) is 14.5. The van der Waals surface area contributed by atoms with Gasteiger partial charge in [0.2, 0.25) is 6.35 Å². The highest BCUT2D eigenvalue weighted by Gasteiger charge is 2.31. The lowest BCUT2D eigenvalue weighted by Gasteiger charge is -2.29. The second-order valence-electron chi connectivity index (χ2n) is 5.40. The standard InChI is InChI=1S/C17H21N3O.C2H6/c1-3-12-9-10-15-14(11-12)16(13-7-5-4-6-8-13)19-17(18)21-20(15)2;1-2/h4-10,14,17H,3,11,18H2,1-2H3;1-2H3. The van der Waals surface area contributed by atoms with E-state index in [0.29, 0.717) is 0 Å². The van der Waals surface area contributed by atoms with Crippen LogP contribution in [-0.4, -0.2) is 24.2 Å². The van der Waals surface area contributed by atoms with Gasteiger partial charge >= 0.3 is 0 Å². The molecule has 1 heterocycles. The van der Waals surface area contributed by atoms with Crippen LogP contribution in [0.5, 0.6) is 0 Å². The third kappa shape index (κ3) is 3.89. The van der Waals surface area contributed by atoms with Gasteiger partial charge in [0.15, 0.2) is 0 Å². The summed E-state index contributed by atoms with van der Waals surface area (Å²) in [5, 5.41) is 1.76. The molecule has 1 aromatic rings. The van der Waals surface area contributed by atoms with Crippen molar-refractivity contribution in [2.24, 2.45) is 16.6 Å². The van der Waals surface area contributed by atoms with Crippen LogP contribution in [0, 0.1) is 5.92 Å². The molecule has 0 amide bonds. The van der Waals surface area contributed by atoms with Crippen molar-refractivity contribution in [2.45, 2.75) is 40.0 Å². The number of allylic oxidation sites excluding steroid dienone is 4. The zero-order valence-corrected chi connectivity index (χ0v) is 14.5. The van der Waals surface area contributed by atoms with Gasteiger partial charge in [-0.3, -0.25) is 10.8 Å².